The Kier molecular flexibility index (Phi) is 64.9. The van der Waals surface area contributed by atoms with Crippen LogP contribution in [-0.4, -0.2) is 47.4 Å². The second kappa shape index (κ2) is 66.6. The monoisotopic (exact) mass is 1080 g/mol. The minimum absolute atomic E-state index is 0.0313. The van der Waals surface area contributed by atoms with Gasteiger partial charge in [-0.05, 0) is 51.4 Å². The molecule has 1 amide bonds. The van der Waals surface area contributed by atoms with Gasteiger partial charge in [0.15, 0.2) is 0 Å². The molecule has 6 nitrogen and oxygen atoms in total. The van der Waals surface area contributed by atoms with Gasteiger partial charge in [0.2, 0.25) is 5.91 Å². The highest BCUT2D eigenvalue weighted by molar-refractivity contribution is 5.76. The molecule has 0 rings (SSSR count). The van der Waals surface area contributed by atoms with Gasteiger partial charge in [0.05, 0.1) is 25.4 Å². The standard InChI is InChI=1S/C71H135NO5/c1-3-5-7-9-11-13-15-17-19-21-22-23-25-28-32-35-39-43-47-51-55-59-63-69(74)68(67-73)72-70(75)64-60-56-52-48-44-40-36-33-29-26-24-27-30-34-38-42-46-50-54-58-62-66-77-71(76)65-61-57-53-49-45-41-37-31-20-18-16-14-12-10-8-6-4-2/h42,46,54,58-59,63,68-69,73-74H,3-41,43-45,47-53,55-57,60-62,64-67H2,1-2H3,(H,72,75)/b46-42-,58-54-,63-59+. The van der Waals surface area contributed by atoms with Crippen LogP contribution in [0.2, 0.25) is 0 Å². The Morgan fingerprint density at radius 2 is 0.649 bits per heavy atom. The molecule has 3 N–H and O–H groups in total. The number of ether oxygens (including phenoxy) is 1. The predicted molar refractivity (Wildman–Crippen MR) is 338 cm³/mol. The van der Waals surface area contributed by atoms with Crippen LogP contribution in [0, 0.1) is 0 Å². The largest absolute Gasteiger partial charge is 0.465 e. The number of aliphatic hydroxyl groups is 2. The topological polar surface area (TPSA) is 95.9 Å². The molecule has 0 aliphatic rings. The molecule has 0 aliphatic carbocycles. The van der Waals surface area contributed by atoms with Gasteiger partial charge in [-0.25, -0.2) is 0 Å². The number of allylic oxidation sites excluding steroid dienone is 4. The van der Waals surface area contributed by atoms with E-state index in [4.69, 9.17) is 4.74 Å². The molecule has 0 heterocycles. The Labute approximate surface area is 481 Å². The van der Waals surface area contributed by atoms with Gasteiger partial charge >= 0.3 is 5.97 Å². The van der Waals surface area contributed by atoms with Crippen LogP contribution in [0.5, 0.6) is 0 Å². The van der Waals surface area contributed by atoms with Crippen molar-refractivity contribution in [1.29, 1.82) is 0 Å². The Hall–Kier alpha value is -1.92. The SMILES string of the molecule is CCCCCCCCCCCCCCCCCCCCCC/C=C/C(O)C(CO)NC(=O)CCCCCCCCCCCCCCCC/C=C\C/C=C\CCOC(=O)CCCCCCCCCCCCCCCCCCC. The van der Waals surface area contributed by atoms with E-state index in [9.17, 15) is 19.8 Å². The summed E-state index contributed by atoms with van der Waals surface area (Å²) >= 11 is 0. The van der Waals surface area contributed by atoms with E-state index in [2.05, 4.69) is 43.5 Å². The van der Waals surface area contributed by atoms with Crippen LogP contribution in [0.1, 0.15) is 380 Å². The Bertz CT molecular complexity index is 1250. The van der Waals surface area contributed by atoms with Crippen LogP contribution in [-0.2, 0) is 14.3 Å². The molecule has 0 bridgehead atoms. The molecule has 0 radical (unpaired) electrons. The summed E-state index contributed by atoms with van der Waals surface area (Å²) in [6, 6.07) is -0.633. The Morgan fingerprint density at radius 3 is 0.987 bits per heavy atom. The summed E-state index contributed by atoms with van der Waals surface area (Å²) in [6.45, 7) is 4.83. The Morgan fingerprint density at radius 1 is 0.364 bits per heavy atom. The van der Waals surface area contributed by atoms with Crippen LogP contribution in [0.3, 0.4) is 0 Å². The van der Waals surface area contributed by atoms with Crippen molar-refractivity contribution >= 4 is 11.9 Å². The molecule has 0 saturated carbocycles. The van der Waals surface area contributed by atoms with Crippen LogP contribution in [0.25, 0.3) is 0 Å². The fourth-order valence-electron chi connectivity index (χ4n) is 10.9. The van der Waals surface area contributed by atoms with E-state index in [0.717, 1.165) is 51.4 Å². The zero-order valence-corrected chi connectivity index (χ0v) is 52.0. The zero-order chi connectivity index (χ0) is 55.7. The lowest BCUT2D eigenvalue weighted by Gasteiger charge is -2.20. The number of unbranched alkanes of at least 4 members (excludes halogenated alkanes) is 50. The summed E-state index contributed by atoms with van der Waals surface area (Å²) in [4.78, 5) is 24.6. The molecule has 0 fully saturated rings. The van der Waals surface area contributed by atoms with Gasteiger partial charge in [-0.2, -0.15) is 0 Å². The van der Waals surface area contributed by atoms with Gasteiger partial charge in [-0.15, -0.1) is 0 Å². The van der Waals surface area contributed by atoms with Crippen molar-refractivity contribution in [2.45, 2.75) is 392 Å². The number of carbonyl (C=O) groups excluding carboxylic acids is 2. The first kappa shape index (κ1) is 75.1. The predicted octanol–water partition coefficient (Wildman–Crippen LogP) is 22.3. The molecule has 0 aromatic rings. The van der Waals surface area contributed by atoms with Gasteiger partial charge < -0.3 is 20.3 Å². The fourth-order valence-corrected chi connectivity index (χ4v) is 10.9. The van der Waals surface area contributed by atoms with Crippen LogP contribution in [0.15, 0.2) is 36.5 Å². The minimum atomic E-state index is -0.850. The molecule has 0 saturated heterocycles. The van der Waals surface area contributed by atoms with Crippen LogP contribution in [0.4, 0.5) is 0 Å². The first-order chi connectivity index (χ1) is 38.0. The van der Waals surface area contributed by atoms with Crippen molar-refractivity contribution in [1.82, 2.24) is 5.32 Å². The lowest BCUT2D eigenvalue weighted by atomic mass is 10.0. The zero-order valence-electron chi connectivity index (χ0n) is 52.0. The number of nitrogens with one attached hydrogen (secondary N) is 1. The second-order valence-electron chi connectivity index (χ2n) is 23.9. The van der Waals surface area contributed by atoms with E-state index in [1.54, 1.807) is 6.08 Å². The summed E-state index contributed by atoms with van der Waals surface area (Å²) in [5.41, 5.74) is 0. The molecular weight excluding hydrogens is 947 g/mol. The van der Waals surface area contributed by atoms with Gasteiger partial charge in [0.1, 0.15) is 0 Å². The van der Waals surface area contributed by atoms with E-state index in [1.807, 2.05) is 6.08 Å². The molecule has 2 unspecified atom stereocenters. The van der Waals surface area contributed by atoms with Crippen molar-refractivity contribution in [2.75, 3.05) is 13.2 Å². The number of amides is 1. The van der Waals surface area contributed by atoms with E-state index in [1.165, 1.54) is 302 Å². The number of esters is 1. The summed E-state index contributed by atoms with van der Waals surface area (Å²) < 4.78 is 5.44. The first-order valence-corrected chi connectivity index (χ1v) is 34.8. The summed E-state index contributed by atoms with van der Waals surface area (Å²) in [6.07, 6.45) is 85.1. The fraction of sp³-hybridized carbons (Fsp3) is 0.887. The second-order valence-corrected chi connectivity index (χ2v) is 23.9. The first-order valence-electron chi connectivity index (χ1n) is 34.8. The van der Waals surface area contributed by atoms with Crippen molar-refractivity contribution < 1.29 is 24.5 Å². The average Bonchev–Trinajstić information content (AvgIpc) is 3.43. The highest BCUT2D eigenvalue weighted by Crippen LogP contribution is 2.18. The number of aliphatic hydroxyl groups excluding tert-OH is 2. The molecular formula is C71H135NO5. The maximum atomic E-state index is 12.5. The van der Waals surface area contributed by atoms with Gasteiger partial charge in [-0.1, -0.05) is 352 Å². The average molecular weight is 1080 g/mol. The normalized spacial score (nSPS) is 12.7. The summed E-state index contributed by atoms with van der Waals surface area (Å²) in [7, 11) is 0. The lowest BCUT2D eigenvalue weighted by molar-refractivity contribution is -0.143. The maximum absolute atomic E-state index is 12.5. The van der Waals surface area contributed by atoms with Crippen molar-refractivity contribution in [3.8, 4) is 0 Å². The molecule has 6 heteroatoms. The molecule has 0 spiro atoms. The van der Waals surface area contributed by atoms with Gasteiger partial charge in [0, 0.05) is 12.8 Å². The third kappa shape index (κ3) is 63.1. The van der Waals surface area contributed by atoms with E-state index < -0.39 is 12.1 Å². The van der Waals surface area contributed by atoms with Gasteiger partial charge in [0.25, 0.3) is 0 Å². The van der Waals surface area contributed by atoms with Crippen molar-refractivity contribution in [3.63, 3.8) is 0 Å². The number of rotatable bonds is 65. The van der Waals surface area contributed by atoms with Crippen molar-refractivity contribution in [2.24, 2.45) is 0 Å². The maximum Gasteiger partial charge on any atom is 0.305 e. The number of hydrogen-bond donors (Lipinski definition) is 3. The van der Waals surface area contributed by atoms with Crippen LogP contribution >= 0.6 is 0 Å². The molecule has 77 heavy (non-hydrogen) atoms. The molecule has 2 atom stereocenters. The number of hydrogen-bond acceptors (Lipinski definition) is 5. The van der Waals surface area contributed by atoms with E-state index >= 15 is 0 Å². The highest BCUT2D eigenvalue weighted by Gasteiger charge is 2.18. The summed E-state index contributed by atoms with van der Waals surface area (Å²) in [5.74, 6) is -0.100. The summed E-state index contributed by atoms with van der Waals surface area (Å²) in [5, 5.41) is 23.2. The Balaban J connectivity index is 3.46. The molecule has 454 valence electrons. The quantitative estimate of drug-likeness (QED) is 0.0320. The van der Waals surface area contributed by atoms with Crippen molar-refractivity contribution in [3.05, 3.63) is 36.5 Å². The van der Waals surface area contributed by atoms with Crippen LogP contribution < -0.4 is 5.32 Å². The van der Waals surface area contributed by atoms with E-state index in [-0.39, 0.29) is 18.5 Å². The molecule has 0 aliphatic heterocycles. The third-order valence-corrected chi connectivity index (χ3v) is 16.2. The highest BCUT2D eigenvalue weighted by atomic mass is 16.5. The third-order valence-electron chi connectivity index (χ3n) is 16.2. The minimum Gasteiger partial charge on any atom is -0.465 e. The van der Waals surface area contributed by atoms with Gasteiger partial charge in [-0.3, -0.25) is 9.59 Å². The lowest BCUT2D eigenvalue weighted by Crippen LogP contribution is -2.45. The smallest absolute Gasteiger partial charge is 0.305 e. The molecule has 0 aromatic carbocycles. The number of carbonyl (C=O) groups is 2. The van der Waals surface area contributed by atoms with E-state index in [0.29, 0.717) is 19.4 Å². The molecule has 0 aromatic heterocycles.